The fraction of sp³-hybridized carbons (Fsp3) is 0.360. The van der Waals surface area contributed by atoms with E-state index in [9.17, 15) is 4.79 Å². The summed E-state index contributed by atoms with van der Waals surface area (Å²) < 4.78 is 12.0. The number of methoxy groups -OCH3 is 2. The summed E-state index contributed by atoms with van der Waals surface area (Å²) in [5.74, 6) is 1.47. The second-order valence-corrected chi connectivity index (χ2v) is 8.80. The highest BCUT2D eigenvalue weighted by atomic mass is 32.1. The van der Waals surface area contributed by atoms with E-state index >= 15 is 0 Å². The minimum Gasteiger partial charge on any atom is -0.493 e. The predicted molar refractivity (Wildman–Crippen MR) is 125 cm³/mol. The molecule has 0 aliphatic heterocycles. The zero-order valence-electron chi connectivity index (χ0n) is 18.7. The van der Waals surface area contributed by atoms with Gasteiger partial charge in [0.25, 0.3) is 0 Å². The minimum atomic E-state index is -0.741. The van der Waals surface area contributed by atoms with Crippen LogP contribution in [0, 0.1) is 11.3 Å². The molecule has 3 aromatic rings. The highest BCUT2D eigenvalue weighted by molar-refractivity contribution is 7.19. The van der Waals surface area contributed by atoms with Gasteiger partial charge in [-0.1, -0.05) is 12.1 Å². The summed E-state index contributed by atoms with van der Waals surface area (Å²) in [6.07, 6.45) is 0.568. The van der Waals surface area contributed by atoms with Gasteiger partial charge in [0.15, 0.2) is 11.5 Å². The Morgan fingerprint density at radius 1 is 1.06 bits per heavy atom. The molecule has 1 heterocycles. The van der Waals surface area contributed by atoms with Gasteiger partial charge in [-0.3, -0.25) is 4.79 Å². The summed E-state index contributed by atoms with van der Waals surface area (Å²) in [6, 6.07) is 15.6. The number of benzene rings is 2. The predicted octanol–water partition coefficient (Wildman–Crippen LogP) is 5.16. The highest BCUT2D eigenvalue weighted by Crippen LogP contribution is 2.39. The smallest absolute Gasteiger partial charge is 0.233 e. The third-order valence-electron chi connectivity index (χ3n) is 5.78. The first-order valence-electron chi connectivity index (χ1n) is 10.3. The van der Waals surface area contributed by atoms with Crippen LogP contribution < -0.4 is 9.47 Å². The van der Waals surface area contributed by atoms with Crippen LogP contribution in [-0.4, -0.2) is 38.1 Å². The van der Waals surface area contributed by atoms with E-state index in [0.717, 1.165) is 20.5 Å². The Morgan fingerprint density at radius 2 is 1.68 bits per heavy atom. The first-order chi connectivity index (χ1) is 14.9. The van der Waals surface area contributed by atoms with Gasteiger partial charge in [-0.15, -0.1) is 11.3 Å². The van der Waals surface area contributed by atoms with E-state index in [2.05, 4.69) is 12.1 Å². The third kappa shape index (κ3) is 4.38. The topological polar surface area (TPSA) is 62.6 Å². The molecule has 1 amide bonds. The first kappa shape index (κ1) is 22.6. The fourth-order valence-corrected chi connectivity index (χ4v) is 5.16. The number of amides is 1. The molecule has 0 spiro atoms. The monoisotopic (exact) mass is 436 g/mol. The van der Waals surface area contributed by atoms with E-state index in [0.29, 0.717) is 36.6 Å². The molecular weight excluding hydrogens is 408 g/mol. The summed E-state index contributed by atoms with van der Waals surface area (Å²) in [6.45, 7) is 7.31. The molecule has 1 unspecified atom stereocenters. The normalized spacial score (nSPS) is 12.8. The Morgan fingerprint density at radius 3 is 2.23 bits per heavy atom. The molecule has 2 aromatic carbocycles. The largest absolute Gasteiger partial charge is 0.493 e. The number of fused-ring (bicyclic) bond motifs is 1. The molecule has 0 bridgehead atoms. The van der Waals surface area contributed by atoms with E-state index < -0.39 is 5.41 Å². The number of thiophene rings is 1. The number of nitriles is 1. The molecule has 31 heavy (non-hydrogen) atoms. The lowest BCUT2D eigenvalue weighted by molar-refractivity contribution is -0.136. The molecule has 5 nitrogen and oxygen atoms in total. The van der Waals surface area contributed by atoms with Gasteiger partial charge in [0.2, 0.25) is 5.91 Å². The summed E-state index contributed by atoms with van der Waals surface area (Å²) in [5, 5.41) is 10.2. The lowest BCUT2D eigenvalue weighted by atomic mass is 9.77. The van der Waals surface area contributed by atoms with Crippen molar-refractivity contribution < 1.29 is 14.3 Å². The maximum atomic E-state index is 13.6. The molecule has 0 fully saturated rings. The first-order valence-corrected chi connectivity index (χ1v) is 11.2. The molecule has 162 valence electrons. The molecule has 3 rings (SSSR count). The molecule has 0 radical (unpaired) electrons. The second kappa shape index (κ2) is 9.40. The van der Waals surface area contributed by atoms with Crippen molar-refractivity contribution in [2.75, 3.05) is 27.3 Å². The van der Waals surface area contributed by atoms with E-state index in [4.69, 9.17) is 14.7 Å². The van der Waals surface area contributed by atoms with Crippen molar-refractivity contribution in [3.05, 3.63) is 58.5 Å². The van der Waals surface area contributed by atoms with Crippen LogP contribution in [0.1, 0.15) is 36.8 Å². The Balaban J connectivity index is 2.07. The Kier molecular flexibility index (Phi) is 6.87. The van der Waals surface area contributed by atoms with Crippen LogP contribution in [0.4, 0.5) is 0 Å². The maximum Gasteiger partial charge on any atom is 0.233 e. The van der Waals surface area contributed by atoms with Crippen molar-refractivity contribution in [3.63, 3.8) is 0 Å². The van der Waals surface area contributed by atoms with Crippen molar-refractivity contribution >= 4 is 27.3 Å². The number of carbonyl (C=O) groups excluding carboxylic acids is 1. The van der Waals surface area contributed by atoms with Gasteiger partial charge >= 0.3 is 0 Å². The number of rotatable bonds is 8. The van der Waals surface area contributed by atoms with Crippen LogP contribution in [0.15, 0.2) is 42.5 Å². The maximum absolute atomic E-state index is 13.6. The zero-order valence-corrected chi connectivity index (χ0v) is 19.5. The van der Waals surface area contributed by atoms with E-state index in [1.807, 2.05) is 49.9 Å². The lowest BCUT2D eigenvalue weighted by Crippen LogP contribution is -2.46. The van der Waals surface area contributed by atoms with Gasteiger partial charge in [0.1, 0.15) is 0 Å². The molecule has 0 saturated heterocycles. The van der Waals surface area contributed by atoms with Gasteiger partial charge < -0.3 is 14.4 Å². The van der Waals surface area contributed by atoms with Crippen molar-refractivity contribution in [1.29, 1.82) is 5.26 Å². The molecular formula is C25H28N2O3S. The number of likely N-dealkylation sites (N-methyl/N-ethyl adjacent to an activating group) is 1. The van der Waals surface area contributed by atoms with Gasteiger partial charge in [0.05, 0.1) is 31.3 Å². The van der Waals surface area contributed by atoms with Crippen LogP contribution in [0.5, 0.6) is 11.5 Å². The summed E-state index contributed by atoms with van der Waals surface area (Å²) in [7, 11) is 3.25. The van der Waals surface area contributed by atoms with Crippen LogP contribution in [-0.2, 0) is 16.6 Å². The molecule has 0 aliphatic rings. The lowest BCUT2D eigenvalue weighted by Gasteiger charge is -2.34. The van der Waals surface area contributed by atoms with E-state index in [1.54, 1.807) is 37.7 Å². The number of ether oxygens (including phenoxy) is 2. The number of carbonyl (C=O) groups is 1. The molecule has 0 saturated carbocycles. The molecule has 0 N–H and O–H groups in total. The quantitative estimate of drug-likeness (QED) is 0.489. The summed E-state index contributed by atoms with van der Waals surface area (Å²) >= 11 is 1.66. The Hall–Kier alpha value is -3.04. The average molecular weight is 437 g/mol. The van der Waals surface area contributed by atoms with Crippen molar-refractivity contribution in [3.8, 4) is 17.6 Å². The summed E-state index contributed by atoms with van der Waals surface area (Å²) in [4.78, 5) is 16.6. The van der Waals surface area contributed by atoms with Gasteiger partial charge in [-0.05, 0) is 56.0 Å². The number of hydrogen-bond acceptors (Lipinski definition) is 5. The third-order valence-corrected chi connectivity index (χ3v) is 6.87. The highest BCUT2D eigenvalue weighted by Gasteiger charge is 2.38. The standard InChI is InChI=1S/C25H28N2O3S/c1-6-27(7-2)24(28)25(3,19-10-8-17(16-26)9-11-19)15-20-12-18-13-21(29-4)22(30-5)14-23(18)31-20/h8-14H,6-7,15H2,1-5H3. The second-order valence-electron chi connectivity index (χ2n) is 7.63. The number of nitrogens with zero attached hydrogens (tertiary/aromatic N) is 2. The van der Waals surface area contributed by atoms with Crippen molar-refractivity contribution in [2.24, 2.45) is 0 Å². The van der Waals surface area contributed by atoms with Crippen LogP contribution in [0.3, 0.4) is 0 Å². The number of hydrogen-bond donors (Lipinski definition) is 0. The fourth-order valence-electron chi connectivity index (χ4n) is 3.93. The van der Waals surface area contributed by atoms with Crippen molar-refractivity contribution in [1.82, 2.24) is 4.90 Å². The summed E-state index contributed by atoms with van der Waals surface area (Å²) in [5.41, 5.74) is 0.758. The van der Waals surface area contributed by atoms with Gasteiger partial charge in [0, 0.05) is 35.2 Å². The van der Waals surface area contributed by atoms with E-state index in [-0.39, 0.29) is 5.91 Å². The van der Waals surface area contributed by atoms with Gasteiger partial charge in [-0.2, -0.15) is 5.26 Å². The van der Waals surface area contributed by atoms with Gasteiger partial charge in [-0.25, -0.2) is 0 Å². The van der Waals surface area contributed by atoms with Crippen molar-refractivity contribution in [2.45, 2.75) is 32.6 Å². The zero-order chi connectivity index (χ0) is 22.6. The van der Waals surface area contributed by atoms with Crippen LogP contribution >= 0.6 is 11.3 Å². The molecule has 0 aliphatic carbocycles. The Labute approximate surface area is 187 Å². The average Bonchev–Trinajstić information content (AvgIpc) is 3.19. The molecule has 1 aromatic heterocycles. The minimum absolute atomic E-state index is 0.0924. The van der Waals surface area contributed by atoms with Crippen LogP contribution in [0.2, 0.25) is 0 Å². The SMILES string of the molecule is CCN(CC)C(=O)C(C)(Cc1cc2cc(OC)c(OC)cc2s1)c1ccc(C#N)cc1. The van der Waals surface area contributed by atoms with Crippen LogP contribution in [0.25, 0.3) is 10.1 Å². The van der Waals surface area contributed by atoms with E-state index in [1.165, 1.54) is 0 Å². The molecule has 1 atom stereocenters. The molecule has 6 heteroatoms. The Bertz CT molecular complexity index is 1070.